The number of nitriles is 1. The molecular weight excluding hydrogens is 340 g/mol. The van der Waals surface area contributed by atoms with Crippen LogP contribution in [0.5, 0.6) is 0 Å². The lowest BCUT2D eigenvalue weighted by Gasteiger charge is -2.19. The van der Waals surface area contributed by atoms with Crippen molar-refractivity contribution >= 4 is 27.5 Å². The van der Waals surface area contributed by atoms with Gasteiger partial charge in [-0.3, -0.25) is 4.98 Å². The molecule has 2 aromatic rings. The van der Waals surface area contributed by atoms with Gasteiger partial charge in [0.2, 0.25) is 0 Å². The summed E-state index contributed by atoms with van der Waals surface area (Å²) in [6, 6.07) is 11.8. The Morgan fingerprint density at radius 2 is 2.27 bits per heavy atom. The molecule has 0 aliphatic carbocycles. The second kappa shape index (κ2) is 6.71. The summed E-state index contributed by atoms with van der Waals surface area (Å²) >= 11 is 3.39. The third-order valence-electron chi connectivity index (χ3n) is 3.62. The third-order valence-corrected chi connectivity index (χ3v) is 4.11. The molecule has 2 heterocycles. The predicted octanol–water partition coefficient (Wildman–Crippen LogP) is 4.04. The minimum atomic E-state index is 0.593. The van der Waals surface area contributed by atoms with E-state index in [-0.39, 0.29) is 0 Å². The van der Waals surface area contributed by atoms with Crippen molar-refractivity contribution in [2.24, 2.45) is 4.99 Å². The molecule has 3 rings (SSSR count). The highest BCUT2D eigenvalue weighted by molar-refractivity contribution is 9.10. The molecule has 0 unspecified atom stereocenters. The Hall–Kier alpha value is -2.19. The molecule has 1 fully saturated rings. The van der Waals surface area contributed by atoms with Crippen molar-refractivity contribution in [3.05, 3.63) is 58.3 Å². The van der Waals surface area contributed by atoms with Gasteiger partial charge in [-0.25, -0.2) is 4.99 Å². The molecule has 22 heavy (non-hydrogen) atoms. The van der Waals surface area contributed by atoms with E-state index >= 15 is 0 Å². The molecule has 0 N–H and O–H groups in total. The fourth-order valence-electron chi connectivity index (χ4n) is 2.56. The first-order chi connectivity index (χ1) is 10.8. The van der Waals surface area contributed by atoms with E-state index in [4.69, 9.17) is 4.99 Å². The van der Waals surface area contributed by atoms with Crippen LogP contribution in [0.15, 0.2) is 52.2 Å². The van der Waals surface area contributed by atoms with Gasteiger partial charge in [0.15, 0.2) is 0 Å². The van der Waals surface area contributed by atoms with Gasteiger partial charge >= 0.3 is 0 Å². The number of halogens is 1. The Kier molecular flexibility index (Phi) is 4.50. The Balaban J connectivity index is 1.85. The lowest BCUT2D eigenvalue weighted by molar-refractivity contribution is 0.447. The first kappa shape index (κ1) is 14.7. The Bertz CT molecular complexity index is 734. The van der Waals surface area contributed by atoms with Gasteiger partial charge in [0.1, 0.15) is 11.9 Å². The number of hydrogen-bond donors (Lipinski definition) is 0. The van der Waals surface area contributed by atoms with E-state index < -0.39 is 0 Å². The summed E-state index contributed by atoms with van der Waals surface area (Å²) in [5.41, 5.74) is 2.50. The van der Waals surface area contributed by atoms with Gasteiger partial charge in [0.05, 0.1) is 11.3 Å². The van der Waals surface area contributed by atoms with Gasteiger partial charge in [-0.1, -0.05) is 22.0 Å². The summed E-state index contributed by atoms with van der Waals surface area (Å²) in [6.45, 7) is 1.80. The Morgan fingerprint density at radius 3 is 3.05 bits per heavy atom. The van der Waals surface area contributed by atoms with E-state index in [9.17, 15) is 5.26 Å². The molecule has 1 aliphatic heterocycles. The average molecular weight is 355 g/mol. The van der Waals surface area contributed by atoms with Gasteiger partial charge < -0.3 is 4.90 Å². The predicted molar refractivity (Wildman–Crippen MR) is 89.8 cm³/mol. The Morgan fingerprint density at radius 1 is 1.36 bits per heavy atom. The van der Waals surface area contributed by atoms with Crippen LogP contribution >= 0.6 is 15.9 Å². The highest BCUT2D eigenvalue weighted by Crippen LogP contribution is 2.26. The smallest absolute Gasteiger partial charge is 0.105 e. The molecule has 0 atom stereocenters. The number of likely N-dealkylation sites (tertiary alicyclic amines) is 1. The largest absolute Gasteiger partial charge is 0.356 e. The quantitative estimate of drug-likeness (QED) is 0.835. The molecule has 0 spiro atoms. The van der Waals surface area contributed by atoms with Crippen molar-refractivity contribution < 1.29 is 0 Å². The SMILES string of the molecule is N#Cc1cc(Br)ccc1/N=C1\CCCN1Cc1cccnc1. The number of aromatic nitrogens is 1. The molecule has 1 aliphatic rings. The van der Waals surface area contributed by atoms with Gasteiger partial charge in [-0.2, -0.15) is 5.26 Å². The van der Waals surface area contributed by atoms with Gasteiger partial charge in [0.25, 0.3) is 0 Å². The topological polar surface area (TPSA) is 52.3 Å². The molecule has 0 bridgehead atoms. The zero-order valence-corrected chi connectivity index (χ0v) is 13.6. The average Bonchev–Trinajstić information content (AvgIpc) is 2.97. The Labute approximate surface area is 138 Å². The molecule has 110 valence electrons. The molecule has 4 nitrogen and oxygen atoms in total. The lowest BCUT2D eigenvalue weighted by Crippen LogP contribution is -2.24. The minimum Gasteiger partial charge on any atom is -0.356 e. The van der Waals surface area contributed by atoms with Gasteiger partial charge in [-0.15, -0.1) is 0 Å². The normalized spacial score (nSPS) is 16.0. The lowest BCUT2D eigenvalue weighted by atomic mass is 10.2. The number of hydrogen-bond acceptors (Lipinski definition) is 3. The van der Waals surface area contributed by atoms with Crippen molar-refractivity contribution in [1.82, 2.24) is 9.88 Å². The van der Waals surface area contributed by atoms with Crippen molar-refractivity contribution in [3.8, 4) is 6.07 Å². The van der Waals surface area contributed by atoms with Crippen LogP contribution in [0.25, 0.3) is 0 Å². The van der Waals surface area contributed by atoms with Crippen LogP contribution in [-0.2, 0) is 6.54 Å². The van der Waals surface area contributed by atoms with E-state index in [1.165, 1.54) is 5.56 Å². The number of rotatable bonds is 3. The fraction of sp³-hybridized carbons (Fsp3) is 0.235. The maximum atomic E-state index is 9.26. The van der Waals surface area contributed by atoms with Crippen LogP contribution in [0.4, 0.5) is 5.69 Å². The second-order valence-corrected chi connectivity index (χ2v) is 6.10. The summed E-state index contributed by atoms with van der Waals surface area (Å²) in [6.07, 6.45) is 5.71. The van der Waals surface area contributed by atoms with Gasteiger partial charge in [-0.05, 0) is 36.2 Å². The van der Waals surface area contributed by atoms with Gasteiger partial charge in [0, 0.05) is 36.4 Å². The van der Waals surface area contributed by atoms with E-state index in [0.29, 0.717) is 5.56 Å². The highest BCUT2D eigenvalue weighted by Gasteiger charge is 2.19. The van der Waals surface area contributed by atoms with E-state index in [0.717, 1.165) is 41.9 Å². The molecule has 1 aromatic carbocycles. The number of nitrogens with zero attached hydrogens (tertiary/aromatic N) is 4. The van der Waals surface area contributed by atoms with Crippen LogP contribution in [0.3, 0.4) is 0 Å². The summed E-state index contributed by atoms with van der Waals surface area (Å²) in [7, 11) is 0. The zero-order chi connectivity index (χ0) is 15.4. The van der Waals surface area contributed by atoms with Crippen molar-refractivity contribution in [1.29, 1.82) is 5.26 Å². The zero-order valence-electron chi connectivity index (χ0n) is 12.0. The summed E-state index contributed by atoms with van der Waals surface area (Å²) < 4.78 is 0.895. The molecule has 1 saturated heterocycles. The van der Waals surface area contributed by atoms with Crippen LogP contribution in [-0.4, -0.2) is 22.3 Å². The maximum absolute atomic E-state index is 9.26. The molecule has 0 radical (unpaired) electrons. The van der Waals surface area contributed by atoms with Crippen LogP contribution in [0.2, 0.25) is 0 Å². The first-order valence-corrected chi connectivity index (χ1v) is 7.96. The maximum Gasteiger partial charge on any atom is 0.105 e. The van der Waals surface area contributed by atoms with Crippen LogP contribution in [0, 0.1) is 11.3 Å². The molecule has 0 saturated carbocycles. The minimum absolute atomic E-state index is 0.593. The van der Waals surface area contributed by atoms with Crippen LogP contribution < -0.4 is 0 Å². The molecule has 0 amide bonds. The fourth-order valence-corrected chi connectivity index (χ4v) is 2.92. The van der Waals surface area contributed by atoms with E-state index in [1.807, 2.05) is 24.4 Å². The third kappa shape index (κ3) is 3.34. The standard InChI is InChI=1S/C17H15BrN4/c18-15-5-6-16(14(9-15)10-19)21-17-4-2-8-22(17)12-13-3-1-7-20-11-13/h1,3,5-7,9,11H,2,4,8,12H2/b21-17+. The van der Waals surface area contributed by atoms with Crippen molar-refractivity contribution in [2.75, 3.05) is 6.54 Å². The summed E-state index contributed by atoms with van der Waals surface area (Å²) in [5.74, 6) is 1.04. The van der Waals surface area contributed by atoms with Crippen molar-refractivity contribution in [3.63, 3.8) is 0 Å². The van der Waals surface area contributed by atoms with Crippen LogP contribution in [0.1, 0.15) is 24.0 Å². The van der Waals surface area contributed by atoms with E-state index in [2.05, 4.69) is 37.9 Å². The number of benzene rings is 1. The highest BCUT2D eigenvalue weighted by atomic mass is 79.9. The monoisotopic (exact) mass is 354 g/mol. The molecule has 5 heteroatoms. The molecular formula is C17H15BrN4. The summed E-state index contributed by atoms with van der Waals surface area (Å²) in [5, 5.41) is 9.26. The summed E-state index contributed by atoms with van der Waals surface area (Å²) in [4.78, 5) is 11.1. The number of amidine groups is 1. The number of aliphatic imine (C=N–C) groups is 1. The van der Waals surface area contributed by atoms with Crippen molar-refractivity contribution in [2.45, 2.75) is 19.4 Å². The number of pyridine rings is 1. The first-order valence-electron chi connectivity index (χ1n) is 7.17. The second-order valence-electron chi connectivity index (χ2n) is 5.19. The molecule has 1 aromatic heterocycles. The van der Waals surface area contributed by atoms with E-state index in [1.54, 1.807) is 12.3 Å².